The second-order valence-corrected chi connectivity index (χ2v) is 7.83. The number of carbonyl (C=O) groups excluding carboxylic acids is 2. The van der Waals surface area contributed by atoms with Gasteiger partial charge >= 0.3 is 5.97 Å². The molecule has 2 aromatic rings. The van der Waals surface area contributed by atoms with Crippen LogP contribution in [0.5, 0.6) is 5.75 Å². The molecule has 0 aromatic heterocycles. The molecule has 2 aromatic carbocycles. The van der Waals surface area contributed by atoms with Gasteiger partial charge in [-0.1, -0.05) is 11.6 Å². The molecule has 156 valence electrons. The van der Waals surface area contributed by atoms with Crippen LogP contribution in [-0.4, -0.2) is 40.6 Å². The van der Waals surface area contributed by atoms with E-state index in [9.17, 15) is 18.0 Å². The fourth-order valence-corrected chi connectivity index (χ4v) is 3.73. The second-order valence-electron chi connectivity index (χ2n) is 5.74. The molecular weight excluding hydrogens is 420 g/mol. The molecule has 2 N–H and O–H groups in total. The largest absolute Gasteiger partial charge is 0.496 e. The topological polar surface area (TPSA) is 111 Å². The van der Waals surface area contributed by atoms with Crippen LogP contribution >= 0.6 is 11.6 Å². The minimum Gasteiger partial charge on any atom is -0.496 e. The van der Waals surface area contributed by atoms with Crippen LogP contribution in [0.3, 0.4) is 0 Å². The van der Waals surface area contributed by atoms with Gasteiger partial charge in [0.15, 0.2) is 0 Å². The number of rotatable bonds is 8. The van der Waals surface area contributed by atoms with Gasteiger partial charge in [0.1, 0.15) is 5.75 Å². The average molecular weight is 441 g/mol. The summed E-state index contributed by atoms with van der Waals surface area (Å²) in [6.07, 6.45) is 0. The molecule has 0 heterocycles. The lowest BCUT2D eigenvalue weighted by atomic mass is 10.2. The van der Waals surface area contributed by atoms with E-state index >= 15 is 0 Å². The van der Waals surface area contributed by atoms with Crippen LogP contribution in [0, 0.1) is 0 Å². The number of hydrogen-bond acceptors (Lipinski definition) is 6. The van der Waals surface area contributed by atoms with Gasteiger partial charge in [0.05, 0.1) is 34.8 Å². The highest BCUT2D eigenvalue weighted by Gasteiger charge is 2.21. The molecular formula is C19H21ClN2O6S. The van der Waals surface area contributed by atoms with E-state index in [1.807, 2.05) is 0 Å². The highest BCUT2D eigenvalue weighted by Crippen LogP contribution is 2.26. The number of esters is 1. The Morgan fingerprint density at radius 1 is 1.07 bits per heavy atom. The summed E-state index contributed by atoms with van der Waals surface area (Å²) in [5.74, 6) is -0.884. The zero-order valence-electron chi connectivity index (χ0n) is 16.1. The Hall–Kier alpha value is -2.78. The van der Waals surface area contributed by atoms with Crippen LogP contribution in [0.1, 0.15) is 34.6 Å². The summed E-state index contributed by atoms with van der Waals surface area (Å²) in [7, 11) is -2.67. The first-order chi connectivity index (χ1) is 13.7. The first-order valence-electron chi connectivity index (χ1n) is 8.69. The lowest BCUT2D eigenvalue weighted by Gasteiger charge is -2.13. The van der Waals surface area contributed by atoms with E-state index in [2.05, 4.69) is 10.0 Å². The lowest BCUT2D eigenvalue weighted by molar-refractivity contribution is 0.0526. The highest BCUT2D eigenvalue weighted by atomic mass is 35.5. The Morgan fingerprint density at radius 3 is 2.41 bits per heavy atom. The fourth-order valence-electron chi connectivity index (χ4n) is 2.46. The molecule has 0 saturated carbocycles. The van der Waals surface area contributed by atoms with E-state index in [0.717, 1.165) is 0 Å². The number of halogens is 1. The van der Waals surface area contributed by atoms with Crippen molar-refractivity contribution in [3.63, 3.8) is 0 Å². The van der Waals surface area contributed by atoms with Gasteiger partial charge in [0, 0.05) is 12.2 Å². The SMILES string of the molecule is CCNC(=O)c1cc(S(=O)(=O)Nc2ccc(Cl)c(C(=O)OCC)c2)ccc1OC. The number of ether oxygens (including phenoxy) is 2. The lowest BCUT2D eigenvalue weighted by Crippen LogP contribution is -2.24. The molecule has 0 aliphatic heterocycles. The highest BCUT2D eigenvalue weighted by molar-refractivity contribution is 7.92. The molecule has 0 spiro atoms. The number of hydrogen-bond donors (Lipinski definition) is 2. The molecule has 0 bridgehead atoms. The standard InChI is InChI=1S/C19H21ClN2O6S/c1-4-21-18(23)15-11-13(7-9-17(15)27-3)29(25,26)22-12-6-8-16(20)14(10-12)19(24)28-5-2/h6-11,22H,4-5H2,1-3H3,(H,21,23). The van der Waals surface area contributed by atoms with Gasteiger partial charge < -0.3 is 14.8 Å². The molecule has 8 nitrogen and oxygen atoms in total. The molecule has 29 heavy (non-hydrogen) atoms. The Kier molecular flexibility index (Phi) is 7.46. The third kappa shape index (κ3) is 5.39. The number of anilines is 1. The Labute approximate surface area is 174 Å². The molecule has 0 fully saturated rings. The molecule has 10 heteroatoms. The number of nitrogens with one attached hydrogen (secondary N) is 2. The summed E-state index contributed by atoms with van der Waals surface area (Å²) >= 11 is 6.00. The molecule has 0 atom stereocenters. The summed E-state index contributed by atoms with van der Waals surface area (Å²) in [5.41, 5.74) is 0.236. The predicted molar refractivity (Wildman–Crippen MR) is 109 cm³/mol. The van der Waals surface area contributed by atoms with E-state index in [-0.39, 0.29) is 39.1 Å². The molecule has 0 saturated heterocycles. The van der Waals surface area contributed by atoms with Crippen molar-refractivity contribution >= 4 is 39.2 Å². The summed E-state index contributed by atoms with van der Waals surface area (Å²) in [5, 5.41) is 2.74. The fraction of sp³-hybridized carbons (Fsp3) is 0.263. The van der Waals surface area contributed by atoms with Gasteiger partial charge in [0.2, 0.25) is 0 Å². The van der Waals surface area contributed by atoms with Gasteiger partial charge in [-0.25, -0.2) is 13.2 Å². The summed E-state index contributed by atoms with van der Waals surface area (Å²) < 4.78 is 38.0. The molecule has 0 unspecified atom stereocenters. The Bertz CT molecular complexity index is 1020. The van der Waals surface area contributed by atoms with Crippen LogP contribution < -0.4 is 14.8 Å². The van der Waals surface area contributed by atoms with E-state index < -0.39 is 21.9 Å². The van der Waals surface area contributed by atoms with Gasteiger partial charge in [-0.05, 0) is 50.2 Å². The van der Waals surface area contributed by atoms with Crippen LogP contribution in [0.4, 0.5) is 5.69 Å². The number of benzene rings is 2. The van der Waals surface area contributed by atoms with Crippen molar-refractivity contribution in [3.05, 3.63) is 52.5 Å². The number of sulfonamides is 1. The van der Waals surface area contributed by atoms with Gasteiger partial charge in [0.25, 0.3) is 15.9 Å². The van der Waals surface area contributed by atoms with Crippen LogP contribution in [0.15, 0.2) is 41.3 Å². The number of carbonyl (C=O) groups is 2. The van der Waals surface area contributed by atoms with Crippen molar-refractivity contribution in [1.82, 2.24) is 5.32 Å². The normalized spacial score (nSPS) is 10.9. The zero-order valence-corrected chi connectivity index (χ0v) is 17.7. The third-order valence-corrected chi connectivity index (χ3v) is 5.49. The quantitative estimate of drug-likeness (QED) is 0.610. The Morgan fingerprint density at radius 2 is 1.79 bits per heavy atom. The molecule has 0 radical (unpaired) electrons. The third-order valence-electron chi connectivity index (χ3n) is 3.78. The van der Waals surface area contributed by atoms with Crippen molar-refractivity contribution in [2.45, 2.75) is 18.7 Å². The number of methoxy groups -OCH3 is 1. The van der Waals surface area contributed by atoms with Crippen LogP contribution in [0.25, 0.3) is 0 Å². The molecule has 1 amide bonds. The average Bonchev–Trinajstić information content (AvgIpc) is 2.69. The van der Waals surface area contributed by atoms with Crippen molar-refractivity contribution in [2.75, 3.05) is 25.0 Å². The van der Waals surface area contributed by atoms with E-state index in [1.165, 1.54) is 43.5 Å². The molecule has 2 rings (SSSR count). The molecule has 0 aliphatic carbocycles. The van der Waals surface area contributed by atoms with E-state index in [1.54, 1.807) is 13.8 Å². The van der Waals surface area contributed by atoms with Crippen LogP contribution in [0.2, 0.25) is 5.02 Å². The monoisotopic (exact) mass is 440 g/mol. The summed E-state index contributed by atoms with van der Waals surface area (Å²) in [6.45, 7) is 3.92. The van der Waals surface area contributed by atoms with Crippen molar-refractivity contribution in [3.8, 4) is 5.75 Å². The van der Waals surface area contributed by atoms with Crippen LogP contribution in [-0.2, 0) is 14.8 Å². The minimum absolute atomic E-state index is 0.0338. The number of amides is 1. The maximum absolute atomic E-state index is 12.8. The minimum atomic E-state index is -4.06. The maximum atomic E-state index is 12.8. The second kappa shape index (κ2) is 9.62. The van der Waals surface area contributed by atoms with Gasteiger partial charge in [-0.3, -0.25) is 9.52 Å². The van der Waals surface area contributed by atoms with Crippen molar-refractivity contribution < 1.29 is 27.5 Å². The van der Waals surface area contributed by atoms with Crippen molar-refractivity contribution in [1.29, 1.82) is 0 Å². The smallest absolute Gasteiger partial charge is 0.339 e. The predicted octanol–water partition coefficient (Wildman–Crippen LogP) is 3.08. The zero-order chi connectivity index (χ0) is 21.6. The van der Waals surface area contributed by atoms with E-state index in [0.29, 0.717) is 6.54 Å². The van der Waals surface area contributed by atoms with Gasteiger partial charge in [-0.2, -0.15) is 0 Å². The van der Waals surface area contributed by atoms with Gasteiger partial charge in [-0.15, -0.1) is 0 Å². The Balaban J connectivity index is 2.39. The first kappa shape index (κ1) is 22.5. The first-order valence-corrected chi connectivity index (χ1v) is 10.5. The van der Waals surface area contributed by atoms with E-state index in [4.69, 9.17) is 21.1 Å². The van der Waals surface area contributed by atoms with Crippen molar-refractivity contribution in [2.24, 2.45) is 0 Å². The molecule has 0 aliphatic rings. The summed E-state index contributed by atoms with van der Waals surface area (Å²) in [4.78, 5) is 24.0. The maximum Gasteiger partial charge on any atom is 0.339 e. The summed E-state index contributed by atoms with van der Waals surface area (Å²) in [6, 6.07) is 8.01.